The number of fused-ring (bicyclic) bond motifs is 1. The summed E-state index contributed by atoms with van der Waals surface area (Å²) < 4.78 is 0. The van der Waals surface area contributed by atoms with Gasteiger partial charge in [-0.15, -0.1) is 0 Å². The Morgan fingerprint density at radius 3 is 2.24 bits per heavy atom. The minimum Gasteiger partial charge on any atom is -0.320 e. The molecule has 1 aromatic rings. The number of imide groups is 1. The van der Waals surface area contributed by atoms with Crippen molar-refractivity contribution < 1.29 is 9.59 Å². The number of piperidine rings is 1. The lowest BCUT2D eigenvalue weighted by Crippen LogP contribution is -2.35. The van der Waals surface area contributed by atoms with E-state index in [0.29, 0.717) is 13.1 Å². The van der Waals surface area contributed by atoms with Crippen molar-refractivity contribution in [2.45, 2.75) is 20.4 Å². The third-order valence-electron chi connectivity index (χ3n) is 4.52. The second-order valence-corrected chi connectivity index (χ2v) is 6.24. The van der Waals surface area contributed by atoms with Crippen molar-refractivity contribution >= 4 is 11.8 Å². The van der Waals surface area contributed by atoms with Crippen LogP contribution in [0.5, 0.6) is 0 Å². The van der Waals surface area contributed by atoms with Crippen molar-refractivity contribution in [2.75, 3.05) is 6.54 Å². The quantitative estimate of drug-likeness (QED) is 0.653. The molecule has 4 nitrogen and oxygen atoms in total. The molecule has 0 radical (unpaired) electrons. The van der Waals surface area contributed by atoms with E-state index in [4.69, 9.17) is 5.73 Å². The number of carbonyl (C=O) groups is 2. The minimum absolute atomic E-state index is 0.0259. The first-order chi connectivity index (χ1) is 9.96. The Morgan fingerprint density at radius 1 is 1.14 bits per heavy atom. The van der Waals surface area contributed by atoms with Gasteiger partial charge in [-0.3, -0.25) is 14.5 Å². The Balaban J connectivity index is 1.71. The Labute approximate surface area is 124 Å². The fourth-order valence-corrected chi connectivity index (χ4v) is 3.19. The zero-order valence-corrected chi connectivity index (χ0v) is 12.2. The zero-order chi connectivity index (χ0) is 15.2. The van der Waals surface area contributed by atoms with Gasteiger partial charge in [0.1, 0.15) is 0 Å². The second kappa shape index (κ2) is 4.71. The molecule has 3 rings (SSSR count). The van der Waals surface area contributed by atoms with E-state index >= 15 is 0 Å². The molecule has 1 saturated carbocycles. The lowest BCUT2D eigenvalue weighted by Gasteiger charge is -2.20. The molecule has 4 heteroatoms. The maximum Gasteiger partial charge on any atom is 0.233 e. The van der Waals surface area contributed by atoms with Crippen molar-refractivity contribution in [3.05, 3.63) is 35.4 Å². The van der Waals surface area contributed by atoms with Crippen LogP contribution in [0, 0.1) is 29.1 Å². The van der Waals surface area contributed by atoms with Crippen LogP contribution in [0.4, 0.5) is 0 Å². The number of nitrogens with zero attached hydrogens (tertiary/aromatic N) is 1. The van der Waals surface area contributed by atoms with E-state index in [1.807, 2.05) is 38.1 Å². The summed E-state index contributed by atoms with van der Waals surface area (Å²) in [7, 11) is 0. The number of benzene rings is 1. The van der Waals surface area contributed by atoms with Gasteiger partial charge in [-0.05, 0) is 23.1 Å². The van der Waals surface area contributed by atoms with E-state index in [2.05, 4.69) is 11.8 Å². The van der Waals surface area contributed by atoms with E-state index in [1.54, 1.807) is 0 Å². The van der Waals surface area contributed by atoms with Crippen molar-refractivity contribution in [3.63, 3.8) is 0 Å². The molecule has 0 bridgehead atoms. The summed E-state index contributed by atoms with van der Waals surface area (Å²) in [5, 5.41) is 0. The van der Waals surface area contributed by atoms with Gasteiger partial charge in [-0.25, -0.2) is 0 Å². The van der Waals surface area contributed by atoms with Crippen LogP contribution in [-0.2, 0) is 16.1 Å². The van der Waals surface area contributed by atoms with Crippen LogP contribution in [0.3, 0.4) is 0 Å². The Bertz CT molecular complexity index is 640. The topological polar surface area (TPSA) is 63.4 Å². The lowest BCUT2D eigenvalue weighted by atomic mass is 10.0. The standard InChI is InChI=1S/C17H18N2O2/c1-17(2)13-14(17)16(21)19(15(13)20)10-12-7-5-11(6-8-12)4-3-9-18/h5-8,13-14H,9-10,18H2,1-2H3. The largest absolute Gasteiger partial charge is 0.320 e. The van der Waals surface area contributed by atoms with Gasteiger partial charge in [0, 0.05) is 5.56 Å². The van der Waals surface area contributed by atoms with Gasteiger partial charge in [0.15, 0.2) is 0 Å². The highest BCUT2D eigenvalue weighted by Crippen LogP contribution is 2.63. The van der Waals surface area contributed by atoms with Gasteiger partial charge in [0.2, 0.25) is 11.8 Å². The molecular formula is C17H18N2O2. The monoisotopic (exact) mass is 282 g/mol. The molecule has 1 aromatic carbocycles. The summed E-state index contributed by atoms with van der Waals surface area (Å²) in [4.78, 5) is 25.9. The molecule has 1 heterocycles. The number of rotatable bonds is 2. The number of hydrogen-bond donors (Lipinski definition) is 1. The summed E-state index contributed by atoms with van der Waals surface area (Å²) in [6.45, 7) is 4.66. The molecule has 0 spiro atoms. The smallest absolute Gasteiger partial charge is 0.233 e. The first kappa shape index (κ1) is 13.8. The van der Waals surface area contributed by atoms with Crippen molar-refractivity contribution in [1.29, 1.82) is 0 Å². The zero-order valence-electron chi connectivity index (χ0n) is 12.2. The van der Waals surface area contributed by atoms with E-state index < -0.39 is 0 Å². The average Bonchev–Trinajstić information content (AvgIpc) is 2.94. The highest BCUT2D eigenvalue weighted by atomic mass is 16.2. The van der Waals surface area contributed by atoms with Crippen molar-refractivity contribution in [2.24, 2.45) is 23.0 Å². The molecule has 2 aliphatic rings. The molecule has 2 fully saturated rings. The number of nitrogens with two attached hydrogens (primary N) is 1. The third-order valence-corrected chi connectivity index (χ3v) is 4.52. The second-order valence-electron chi connectivity index (χ2n) is 6.24. The molecule has 2 amide bonds. The Kier molecular flexibility index (Phi) is 3.11. The fraction of sp³-hybridized carbons (Fsp3) is 0.412. The summed E-state index contributed by atoms with van der Waals surface area (Å²) in [5.41, 5.74) is 7.00. The molecule has 21 heavy (non-hydrogen) atoms. The maximum absolute atomic E-state index is 12.3. The van der Waals surface area contributed by atoms with Crippen LogP contribution < -0.4 is 5.73 Å². The van der Waals surface area contributed by atoms with Gasteiger partial charge in [0.25, 0.3) is 0 Å². The van der Waals surface area contributed by atoms with Crippen molar-refractivity contribution in [1.82, 2.24) is 4.90 Å². The summed E-state index contributed by atoms with van der Waals surface area (Å²) in [5.74, 6) is 5.46. The van der Waals surface area contributed by atoms with Crippen LogP contribution in [0.15, 0.2) is 24.3 Å². The van der Waals surface area contributed by atoms with Gasteiger partial charge in [-0.1, -0.05) is 37.8 Å². The predicted molar refractivity (Wildman–Crippen MR) is 78.7 cm³/mol. The average molecular weight is 282 g/mol. The molecule has 1 aliphatic carbocycles. The van der Waals surface area contributed by atoms with Gasteiger partial charge in [-0.2, -0.15) is 0 Å². The molecule has 1 saturated heterocycles. The van der Waals surface area contributed by atoms with Crippen LogP contribution >= 0.6 is 0 Å². The molecule has 0 aromatic heterocycles. The summed E-state index contributed by atoms with van der Waals surface area (Å²) in [6, 6.07) is 7.56. The lowest BCUT2D eigenvalue weighted by molar-refractivity contribution is -0.143. The molecule has 2 unspecified atom stereocenters. The Hall–Kier alpha value is -2.12. The Morgan fingerprint density at radius 2 is 1.71 bits per heavy atom. The van der Waals surface area contributed by atoms with E-state index in [0.717, 1.165) is 11.1 Å². The van der Waals surface area contributed by atoms with Crippen LogP contribution in [-0.4, -0.2) is 23.3 Å². The van der Waals surface area contributed by atoms with Crippen LogP contribution in [0.2, 0.25) is 0 Å². The normalized spacial score (nSPS) is 25.4. The van der Waals surface area contributed by atoms with Gasteiger partial charge < -0.3 is 5.73 Å². The number of hydrogen-bond acceptors (Lipinski definition) is 3. The van der Waals surface area contributed by atoms with Crippen LogP contribution in [0.1, 0.15) is 25.0 Å². The molecule has 2 N–H and O–H groups in total. The predicted octanol–water partition coefficient (Wildman–Crippen LogP) is 1.14. The van der Waals surface area contributed by atoms with Crippen LogP contribution in [0.25, 0.3) is 0 Å². The fourth-order valence-electron chi connectivity index (χ4n) is 3.19. The minimum atomic E-state index is -0.146. The first-order valence-corrected chi connectivity index (χ1v) is 7.10. The van der Waals surface area contributed by atoms with Crippen molar-refractivity contribution in [3.8, 4) is 11.8 Å². The highest BCUT2D eigenvalue weighted by molar-refractivity contribution is 6.10. The number of likely N-dealkylation sites (tertiary alicyclic amines) is 1. The maximum atomic E-state index is 12.3. The van der Waals surface area contributed by atoms with E-state index in [-0.39, 0.29) is 29.1 Å². The van der Waals surface area contributed by atoms with E-state index in [9.17, 15) is 9.59 Å². The molecular weight excluding hydrogens is 264 g/mol. The summed E-state index contributed by atoms with van der Waals surface area (Å²) >= 11 is 0. The highest BCUT2D eigenvalue weighted by Gasteiger charge is 2.72. The third kappa shape index (κ3) is 2.14. The molecule has 2 atom stereocenters. The first-order valence-electron chi connectivity index (χ1n) is 7.10. The van der Waals surface area contributed by atoms with E-state index in [1.165, 1.54) is 4.90 Å². The molecule has 108 valence electrons. The number of amides is 2. The molecule has 1 aliphatic heterocycles. The van der Waals surface area contributed by atoms with Gasteiger partial charge in [0.05, 0.1) is 24.9 Å². The van der Waals surface area contributed by atoms with Gasteiger partial charge >= 0.3 is 0 Å². The number of carbonyl (C=O) groups excluding carboxylic acids is 2. The SMILES string of the molecule is CC1(C)C2C(=O)N(Cc3ccc(C#CCN)cc3)C(=O)C21. The summed E-state index contributed by atoms with van der Waals surface area (Å²) in [6.07, 6.45) is 0.